The molecule has 0 amide bonds. The Kier molecular flexibility index (Phi) is 13.5. The Morgan fingerprint density at radius 2 is 0.539 bits per heavy atom. The molecule has 3 aromatic heterocycles. The highest BCUT2D eigenvalue weighted by molar-refractivity contribution is 7.22. The summed E-state index contributed by atoms with van der Waals surface area (Å²) in [5.74, 6) is 11.5. The first-order valence-corrected chi connectivity index (χ1v) is 35.9. The van der Waals surface area contributed by atoms with Crippen LogP contribution >= 0.6 is 22.7 Å². The first-order valence-electron chi connectivity index (χ1n) is 34.3. The van der Waals surface area contributed by atoms with Gasteiger partial charge in [-0.25, -0.2) is 0 Å². The van der Waals surface area contributed by atoms with Crippen molar-refractivity contribution in [2.24, 2.45) is 0 Å². The second-order valence-corrected chi connectivity index (χ2v) is 28.6. The zero-order valence-electron chi connectivity index (χ0n) is 54.5. The maximum atomic E-state index is 6.47. The summed E-state index contributed by atoms with van der Waals surface area (Å²) in [6.45, 7) is 0.317. The summed E-state index contributed by atoms with van der Waals surface area (Å²) in [5, 5.41) is 3.57. The maximum Gasteiger partial charge on any atom is 0.260 e. The molecule has 0 spiro atoms. The summed E-state index contributed by atoms with van der Waals surface area (Å²) < 4.78 is 47.4. The standard InChI is InChI=1S/C32H19BO3.C32H19BO2S.C26H15BO2S/c1-2-8-20(9-3-1)29-19-23-16-21(14-15-26(23)34-29)22-17-30-32-31(18-22)36-28-13-7-5-11-25(28)33(32)24-10-4-6-12-27(24)35-30;1-2-8-20(9-3-1)31-19-23-16-21(14-15-30(23)36-31)22-17-28-32-29(18-22)35-27-13-7-5-11-25(27)33(32)24-10-4-6-12-26(24)34-28;1-6-12-24-16(7-1)15-25(30-24)17-13-22-26-23(14-17)29-21-11-5-3-9-19(21)27(26)18-8-2-4-10-20(18)28-22/h2*1-19H;1-15H. The van der Waals surface area contributed by atoms with Crippen molar-refractivity contribution in [1.82, 2.24) is 0 Å². The number of ether oxygens (including phenoxy) is 6. The summed E-state index contributed by atoms with van der Waals surface area (Å²) in [4.78, 5) is 2.50. The normalized spacial score (nSPS) is 12.9. The molecule has 9 heterocycles. The van der Waals surface area contributed by atoms with Gasteiger partial charge in [0, 0.05) is 46.5 Å². The van der Waals surface area contributed by atoms with Crippen molar-refractivity contribution < 1.29 is 32.8 Å². The van der Waals surface area contributed by atoms with Crippen LogP contribution in [-0.4, -0.2) is 20.1 Å². The van der Waals surface area contributed by atoms with E-state index >= 15 is 0 Å². The van der Waals surface area contributed by atoms with Crippen molar-refractivity contribution in [1.29, 1.82) is 0 Å². The fourth-order valence-electron chi connectivity index (χ4n) is 15.7. The van der Waals surface area contributed by atoms with Gasteiger partial charge in [-0.2, -0.15) is 0 Å². The van der Waals surface area contributed by atoms with Crippen LogP contribution in [0.5, 0.6) is 69.0 Å². The van der Waals surface area contributed by atoms with E-state index < -0.39 is 0 Å². The van der Waals surface area contributed by atoms with Crippen LogP contribution in [0, 0.1) is 0 Å². The van der Waals surface area contributed by atoms with Gasteiger partial charge in [0.25, 0.3) is 20.1 Å². The molecule has 6 aliphatic heterocycles. The number of hydrogen-bond acceptors (Lipinski definition) is 9. The van der Waals surface area contributed by atoms with E-state index in [2.05, 4.69) is 249 Å². The molecule has 0 radical (unpaired) electrons. The van der Waals surface area contributed by atoms with Gasteiger partial charge in [0.1, 0.15) is 80.3 Å². The second-order valence-electron chi connectivity index (χ2n) is 26.4. The van der Waals surface area contributed by atoms with E-state index in [-0.39, 0.29) is 20.1 Å². The molecular weight excluding hydrogens is 1290 g/mol. The maximum absolute atomic E-state index is 6.47. The Bertz CT molecular complexity index is 5770. The smallest absolute Gasteiger partial charge is 0.260 e. The molecule has 0 fully saturated rings. The molecule has 476 valence electrons. The van der Waals surface area contributed by atoms with Crippen LogP contribution in [0.25, 0.3) is 85.6 Å². The van der Waals surface area contributed by atoms with Gasteiger partial charge in [-0.05, 0) is 198 Å². The Balaban J connectivity index is 0.0000001000. The number of hydrogen-bond donors (Lipinski definition) is 0. The van der Waals surface area contributed by atoms with Crippen LogP contribution in [0.2, 0.25) is 0 Å². The number of thiophene rings is 2. The monoisotopic (exact) mass is 1340 g/mol. The average Bonchev–Trinajstić information content (AvgIpc) is 0.922. The fraction of sp³-hybridized carbons (Fsp3) is 0. The molecule has 7 nitrogen and oxygen atoms in total. The van der Waals surface area contributed by atoms with Crippen LogP contribution in [-0.2, 0) is 0 Å². The molecule has 17 aromatic rings. The molecule has 0 atom stereocenters. The van der Waals surface area contributed by atoms with Gasteiger partial charge in [0.2, 0.25) is 0 Å². The van der Waals surface area contributed by atoms with Crippen LogP contribution in [0.4, 0.5) is 0 Å². The fourth-order valence-corrected chi connectivity index (χ4v) is 17.8. The van der Waals surface area contributed by atoms with E-state index in [0.29, 0.717) is 0 Å². The highest BCUT2D eigenvalue weighted by atomic mass is 32.1. The average molecular weight is 1340 g/mol. The van der Waals surface area contributed by atoms with Crippen molar-refractivity contribution >= 4 is 123 Å². The van der Waals surface area contributed by atoms with Gasteiger partial charge in [-0.3, -0.25) is 0 Å². The summed E-state index contributed by atoms with van der Waals surface area (Å²) in [7, 11) is 0. The third kappa shape index (κ3) is 9.81. The molecule has 6 aliphatic rings. The van der Waals surface area contributed by atoms with Crippen LogP contribution in [0.3, 0.4) is 0 Å². The molecule has 0 bridgehead atoms. The first kappa shape index (κ1) is 58.5. The number of fused-ring (bicyclic) bond motifs is 15. The number of furan rings is 1. The third-order valence-corrected chi connectivity index (χ3v) is 22.7. The molecule has 14 aromatic carbocycles. The van der Waals surface area contributed by atoms with Crippen LogP contribution in [0.15, 0.2) is 326 Å². The van der Waals surface area contributed by atoms with Gasteiger partial charge < -0.3 is 32.8 Å². The Hall–Kier alpha value is -12.5. The molecule has 0 N–H and O–H groups in total. The predicted molar refractivity (Wildman–Crippen MR) is 420 cm³/mol. The lowest BCUT2D eigenvalue weighted by molar-refractivity contribution is 0.464. The van der Waals surface area contributed by atoms with Gasteiger partial charge in [0.15, 0.2) is 0 Å². The van der Waals surface area contributed by atoms with E-state index in [1.807, 2.05) is 84.1 Å². The number of para-hydroxylation sites is 6. The zero-order valence-corrected chi connectivity index (χ0v) is 56.1. The zero-order chi connectivity index (χ0) is 66.9. The largest absolute Gasteiger partial charge is 0.458 e. The van der Waals surface area contributed by atoms with Gasteiger partial charge >= 0.3 is 0 Å². The lowest BCUT2D eigenvalue weighted by atomic mass is 9.35. The summed E-state index contributed by atoms with van der Waals surface area (Å²) in [6, 6.07) is 112. The molecule has 102 heavy (non-hydrogen) atoms. The van der Waals surface area contributed by atoms with Crippen molar-refractivity contribution in [3.05, 3.63) is 322 Å². The summed E-state index contributed by atoms with van der Waals surface area (Å²) in [5.41, 5.74) is 19.1. The predicted octanol–water partition coefficient (Wildman–Crippen LogP) is 18.8. The third-order valence-electron chi connectivity index (χ3n) is 20.4. The summed E-state index contributed by atoms with van der Waals surface area (Å²) >= 11 is 3.63. The van der Waals surface area contributed by atoms with Crippen molar-refractivity contribution in [2.45, 2.75) is 0 Å². The van der Waals surface area contributed by atoms with Gasteiger partial charge in [-0.15, -0.1) is 22.7 Å². The molecule has 0 unspecified atom stereocenters. The highest BCUT2D eigenvalue weighted by Gasteiger charge is 2.43. The quantitative estimate of drug-likeness (QED) is 0.159. The van der Waals surface area contributed by atoms with E-state index in [1.165, 1.54) is 68.3 Å². The summed E-state index contributed by atoms with van der Waals surface area (Å²) in [6.07, 6.45) is 0. The molecule has 12 heteroatoms. The van der Waals surface area contributed by atoms with Gasteiger partial charge in [0.05, 0.1) is 0 Å². The lowest BCUT2D eigenvalue weighted by Crippen LogP contribution is -2.57. The first-order chi connectivity index (χ1) is 50.5. The minimum absolute atomic E-state index is 0.0868. The topological polar surface area (TPSA) is 68.5 Å². The minimum atomic E-state index is 0.0868. The molecular formula is C90H53B3O7S2. The Morgan fingerprint density at radius 1 is 0.206 bits per heavy atom. The van der Waals surface area contributed by atoms with E-state index in [0.717, 1.165) is 135 Å². The molecule has 0 saturated heterocycles. The second kappa shape index (κ2) is 23.6. The Morgan fingerprint density at radius 3 is 0.971 bits per heavy atom. The lowest BCUT2D eigenvalue weighted by Gasteiger charge is -2.33. The molecule has 0 saturated carbocycles. The van der Waals surface area contributed by atoms with Crippen molar-refractivity contribution in [3.8, 4) is 123 Å². The van der Waals surface area contributed by atoms with Gasteiger partial charge in [-0.1, -0.05) is 200 Å². The van der Waals surface area contributed by atoms with Crippen molar-refractivity contribution in [3.63, 3.8) is 0 Å². The SMILES string of the molecule is c1ccc(-c2cc3cc(-c4cc5c6c(c4)Oc4ccccc4B6c4ccccc4O5)ccc3o2)cc1.c1ccc(-c2cc3cc(-c4cc5c6c(c4)Oc4ccccc4B6c4ccccc4O5)ccc3s2)cc1.c1ccc2c(c1)Oc1cc(-c3cc4ccccc4s3)cc3c1B2c1ccccc1O3. The molecule has 0 aliphatic carbocycles. The number of benzene rings is 14. The van der Waals surface area contributed by atoms with Crippen molar-refractivity contribution in [2.75, 3.05) is 0 Å². The number of rotatable bonds is 5. The van der Waals surface area contributed by atoms with Crippen LogP contribution in [0.1, 0.15) is 0 Å². The van der Waals surface area contributed by atoms with E-state index in [9.17, 15) is 0 Å². The minimum Gasteiger partial charge on any atom is -0.458 e. The van der Waals surface area contributed by atoms with Crippen LogP contribution < -0.4 is 77.6 Å². The highest BCUT2D eigenvalue weighted by Crippen LogP contribution is 2.45. The van der Waals surface area contributed by atoms with E-state index in [4.69, 9.17) is 32.8 Å². The Labute approximate surface area is 596 Å². The van der Waals surface area contributed by atoms with E-state index in [1.54, 1.807) is 11.3 Å². The molecule has 23 rings (SSSR count).